The van der Waals surface area contributed by atoms with Crippen molar-refractivity contribution in [3.63, 3.8) is 0 Å². The van der Waals surface area contributed by atoms with Gasteiger partial charge in [-0.1, -0.05) is 0 Å². The molecule has 0 aromatic rings. The number of nitriles is 2. The van der Waals surface area contributed by atoms with Gasteiger partial charge in [0.2, 0.25) is 0 Å². The van der Waals surface area contributed by atoms with Crippen LogP contribution in [0.5, 0.6) is 0 Å². The van der Waals surface area contributed by atoms with E-state index in [0.717, 1.165) is 0 Å². The summed E-state index contributed by atoms with van der Waals surface area (Å²) in [5.41, 5.74) is 0. The van der Waals surface area contributed by atoms with Gasteiger partial charge in [0.1, 0.15) is 0 Å². The van der Waals surface area contributed by atoms with Crippen LogP contribution in [0.1, 0.15) is 6.92 Å². The monoisotopic (exact) mass is 241 g/mol. The zero-order valence-corrected chi connectivity index (χ0v) is 10.3. The van der Waals surface area contributed by atoms with Crippen molar-refractivity contribution in [2.45, 2.75) is 19.1 Å². The van der Waals surface area contributed by atoms with Crippen LogP contribution in [-0.2, 0) is 9.47 Å². The highest BCUT2D eigenvalue weighted by molar-refractivity contribution is 4.84. The van der Waals surface area contributed by atoms with Gasteiger partial charge in [-0.25, -0.2) is 0 Å². The van der Waals surface area contributed by atoms with Crippen molar-refractivity contribution in [3.8, 4) is 12.1 Å². The third-order valence-corrected chi connectivity index (χ3v) is 2.03. The molecule has 6 heteroatoms. The summed E-state index contributed by atoms with van der Waals surface area (Å²) < 4.78 is 10.2. The largest absolute Gasteiger partial charge is 0.389 e. The molecule has 17 heavy (non-hydrogen) atoms. The van der Waals surface area contributed by atoms with Gasteiger partial charge >= 0.3 is 0 Å². The topological polar surface area (TPSA) is 89.5 Å². The molecule has 0 aromatic heterocycles. The van der Waals surface area contributed by atoms with Gasteiger partial charge in [0.25, 0.3) is 0 Å². The van der Waals surface area contributed by atoms with Crippen LogP contribution in [0.25, 0.3) is 0 Å². The van der Waals surface area contributed by atoms with Crippen molar-refractivity contribution >= 4 is 0 Å². The molecule has 0 amide bonds. The molecular weight excluding hydrogens is 222 g/mol. The molecular formula is C11H19N3O3. The van der Waals surface area contributed by atoms with Crippen LogP contribution >= 0.6 is 0 Å². The maximum atomic E-state index is 9.66. The number of rotatable bonds is 9. The second-order valence-corrected chi connectivity index (χ2v) is 3.74. The van der Waals surface area contributed by atoms with Gasteiger partial charge in [0, 0.05) is 13.7 Å². The van der Waals surface area contributed by atoms with Crippen molar-refractivity contribution in [2.24, 2.45) is 0 Å². The third-order valence-electron chi connectivity index (χ3n) is 2.03. The molecule has 0 rings (SSSR count). The number of nitrogens with zero attached hydrogens (tertiary/aromatic N) is 3. The fourth-order valence-electron chi connectivity index (χ4n) is 1.29. The van der Waals surface area contributed by atoms with Gasteiger partial charge in [-0.3, -0.25) is 4.90 Å². The molecule has 0 spiro atoms. The summed E-state index contributed by atoms with van der Waals surface area (Å²) in [5.74, 6) is 0. The van der Waals surface area contributed by atoms with Gasteiger partial charge < -0.3 is 14.6 Å². The van der Waals surface area contributed by atoms with E-state index in [4.69, 9.17) is 20.0 Å². The zero-order chi connectivity index (χ0) is 13.1. The first kappa shape index (κ1) is 15.8. The molecule has 0 radical (unpaired) electrons. The Morgan fingerprint density at radius 2 is 1.82 bits per heavy atom. The minimum absolute atomic E-state index is 0.0879. The summed E-state index contributed by atoms with van der Waals surface area (Å²) in [5, 5.41) is 26.7. The summed E-state index contributed by atoms with van der Waals surface area (Å²) in [6.45, 7) is 2.97. The van der Waals surface area contributed by atoms with Crippen LogP contribution in [0, 0.1) is 22.7 Å². The third kappa shape index (κ3) is 8.61. The first-order valence-corrected chi connectivity index (χ1v) is 5.38. The van der Waals surface area contributed by atoms with Crippen LogP contribution in [-0.4, -0.2) is 62.2 Å². The van der Waals surface area contributed by atoms with Gasteiger partial charge in [-0.05, 0) is 6.92 Å². The molecule has 0 saturated carbocycles. The predicted octanol–water partition coefficient (Wildman–Crippen LogP) is -0.252. The zero-order valence-electron chi connectivity index (χ0n) is 10.3. The molecule has 0 saturated heterocycles. The highest BCUT2D eigenvalue weighted by atomic mass is 16.5. The molecule has 0 aliphatic rings. The lowest BCUT2D eigenvalue weighted by atomic mass is 10.3. The average molecular weight is 241 g/mol. The maximum absolute atomic E-state index is 9.66. The number of hydrogen-bond donors (Lipinski definition) is 1. The van der Waals surface area contributed by atoms with E-state index in [9.17, 15) is 5.11 Å². The molecule has 0 fully saturated rings. The highest BCUT2D eigenvalue weighted by Gasteiger charge is 2.12. The molecule has 6 nitrogen and oxygen atoms in total. The molecule has 0 bridgehead atoms. The number of aliphatic hydroxyl groups is 1. The molecule has 2 unspecified atom stereocenters. The number of aliphatic hydroxyl groups excluding tert-OH is 1. The summed E-state index contributed by atoms with van der Waals surface area (Å²) in [6, 6.07) is 3.89. The minimum Gasteiger partial charge on any atom is -0.389 e. The van der Waals surface area contributed by atoms with Gasteiger partial charge in [0.15, 0.2) is 0 Å². The second-order valence-electron chi connectivity index (χ2n) is 3.74. The second kappa shape index (κ2) is 10.0. The molecule has 0 heterocycles. The summed E-state index contributed by atoms with van der Waals surface area (Å²) in [7, 11) is 1.58. The van der Waals surface area contributed by atoms with Crippen molar-refractivity contribution in [1.82, 2.24) is 4.90 Å². The molecule has 0 aliphatic carbocycles. The van der Waals surface area contributed by atoms with Gasteiger partial charge in [-0.15, -0.1) is 0 Å². The van der Waals surface area contributed by atoms with E-state index in [1.165, 1.54) is 0 Å². The van der Waals surface area contributed by atoms with Crippen LogP contribution in [0.4, 0.5) is 0 Å². The maximum Gasteiger partial charge on any atom is 0.0901 e. The fraction of sp³-hybridized carbons (Fsp3) is 0.818. The van der Waals surface area contributed by atoms with Crippen LogP contribution in [0.15, 0.2) is 0 Å². The summed E-state index contributed by atoms with van der Waals surface area (Å²) in [6.07, 6.45) is -0.800. The van der Waals surface area contributed by atoms with Crippen LogP contribution in [0.3, 0.4) is 0 Å². The highest BCUT2D eigenvalue weighted by Crippen LogP contribution is 1.97. The van der Waals surface area contributed by atoms with E-state index >= 15 is 0 Å². The molecule has 0 aliphatic heterocycles. The Bertz CT molecular complexity index is 256. The van der Waals surface area contributed by atoms with E-state index in [1.54, 1.807) is 12.0 Å². The average Bonchev–Trinajstić information content (AvgIpc) is 2.27. The Labute approximate surface area is 102 Å². The van der Waals surface area contributed by atoms with Crippen molar-refractivity contribution in [1.29, 1.82) is 10.5 Å². The van der Waals surface area contributed by atoms with Crippen LogP contribution < -0.4 is 0 Å². The SMILES string of the molecule is COCC(C)OCC(O)CN(CC#N)CC#N. The number of methoxy groups -OCH3 is 1. The smallest absolute Gasteiger partial charge is 0.0901 e. The van der Waals surface area contributed by atoms with Gasteiger partial charge in [0.05, 0.1) is 50.6 Å². The first-order valence-electron chi connectivity index (χ1n) is 5.38. The van der Waals surface area contributed by atoms with Crippen molar-refractivity contribution < 1.29 is 14.6 Å². The Balaban J connectivity index is 3.86. The van der Waals surface area contributed by atoms with E-state index in [0.29, 0.717) is 6.61 Å². The minimum atomic E-state index is -0.712. The normalized spacial score (nSPS) is 14.0. The molecule has 0 aromatic carbocycles. The predicted molar refractivity (Wildman–Crippen MR) is 61.0 cm³/mol. The Hall–Kier alpha value is -1.18. The summed E-state index contributed by atoms with van der Waals surface area (Å²) >= 11 is 0. The van der Waals surface area contributed by atoms with E-state index in [-0.39, 0.29) is 32.3 Å². The molecule has 2 atom stereocenters. The van der Waals surface area contributed by atoms with Gasteiger partial charge in [-0.2, -0.15) is 10.5 Å². The Morgan fingerprint density at radius 1 is 1.24 bits per heavy atom. The molecule has 96 valence electrons. The van der Waals surface area contributed by atoms with E-state index < -0.39 is 6.10 Å². The standard InChI is InChI=1S/C11H19N3O3/c1-10(8-16-2)17-9-11(15)7-14(5-3-12)6-4-13/h10-11,15H,5-9H2,1-2H3. The van der Waals surface area contributed by atoms with Crippen LogP contribution in [0.2, 0.25) is 0 Å². The lowest BCUT2D eigenvalue weighted by Gasteiger charge is -2.21. The Morgan fingerprint density at radius 3 is 2.29 bits per heavy atom. The van der Waals surface area contributed by atoms with E-state index in [1.807, 2.05) is 19.1 Å². The van der Waals surface area contributed by atoms with E-state index in [2.05, 4.69) is 0 Å². The Kier molecular flexibility index (Phi) is 9.31. The quantitative estimate of drug-likeness (QED) is 0.560. The molecule has 1 N–H and O–H groups in total. The fourth-order valence-corrected chi connectivity index (χ4v) is 1.29. The lowest BCUT2D eigenvalue weighted by Crippen LogP contribution is -2.36. The number of ether oxygens (including phenoxy) is 2. The summed E-state index contributed by atoms with van der Waals surface area (Å²) in [4.78, 5) is 1.56. The number of hydrogen-bond acceptors (Lipinski definition) is 6. The lowest BCUT2D eigenvalue weighted by molar-refractivity contribution is -0.0381. The van der Waals surface area contributed by atoms with Crippen molar-refractivity contribution in [3.05, 3.63) is 0 Å². The van der Waals surface area contributed by atoms with Crippen molar-refractivity contribution in [2.75, 3.05) is 40.0 Å². The first-order chi connectivity index (χ1) is 8.13.